The molecule has 0 aliphatic carbocycles. The molecule has 1 heterocycles. The molecule has 0 aliphatic rings. The summed E-state index contributed by atoms with van der Waals surface area (Å²) in [7, 11) is 0. The molecule has 0 radical (unpaired) electrons. The molecule has 0 aliphatic heterocycles. The Morgan fingerprint density at radius 1 is 0.696 bits per heavy atom. The van der Waals surface area contributed by atoms with Gasteiger partial charge in [-0.3, -0.25) is 4.98 Å². The van der Waals surface area contributed by atoms with E-state index in [2.05, 4.69) is 64.9 Å². The van der Waals surface area contributed by atoms with E-state index in [-0.39, 0.29) is 0 Å². The number of benzene rings is 3. The van der Waals surface area contributed by atoms with Gasteiger partial charge in [0.2, 0.25) is 0 Å². The highest BCUT2D eigenvalue weighted by Crippen LogP contribution is 2.28. The molecule has 0 fully saturated rings. The van der Waals surface area contributed by atoms with E-state index >= 15 is 0 Å². The molecule has 0 unspecified atom stereocenters. The molecule has 2 heteroatoms. The molecule has 0 bridgehead atoms. The Hall–Kier alpha value is -2.71. The maximum absolute atomic E-state index is 4.37. The Morgan fingerprint density at radius 3 is 2.00 bits per heavy atom. The first-order valence-electron chi connectivity index (χ1n) is 7.92. The zero-order valence-electron chi connectivity index (χ0n) is 12.9. The van der Waals surface area contributed by atoms with Crippen LogP contribution in [0.15, 0.2) is 79.0 Å². The van der Waals surface area contributed by atoms with E-state index in [0.717, 1.165) is 18.8 Å². The molecule has 1 N–H and O–H groups in total. The highest BCUT2D eigenvalue weighted by atomic mass is 14.9. The van der Waals surface area contributed by atoms with Gasteiger partial charge in [0.25, 0.3) is 0 Å². The summed E-state index contributed by atoms with van der Waals surface area (Å²) >= 11 is 0. The van der Waals surface area contributed by atoms with E-state index in [4.69, 9.17) is 0 Å². The van der Waals surface area contributed by atoms with Crippen molar-refractivity contribution in [2.45, 2.75) is 13.1 Å². The smallest absolute Gasteiger partial charge is 0.0541 e. The second-order valence-corrected chi connectivity index (χ2v) is 5.72. The van der Waals surface area contributed by atoms with Crippen LogP contribution in [-0.2, 0) is 13.1 Å². The summed E-state index contributed by atoms with van der Waals surface area (Å²) in [6.07, 6.45) is 1.84. The molecule has 1 aromatic heterocycles. The van der Waals surface area contributed by atoms with Crippen molar-refractivity contribution in [3.05, 3.63) is 90.3 Å². The third kappa shape index (κ3) is 2.81. The van der Waals surface area contributed by atoms with Crippen LogP contribution in [0.3, 0.4) is 0 Å². The van der Waals surface area contributed by atoms with Crippen molar-refractivity contribution in [3.8, 4) is 0 Å². The molecule has 4 rings (SSSR count). The highest BCUT2D eigenvalue weighted by Gasteiger charge is 2.07. The zero-order chi connectivity index (χ0) is 15.5. The van der Waals surface area contributed by atoms with Crippen molar-refractivity contribution >= 4 is 21.5 Å². The van der Waals surface area contributed by atoms with Crippen molar-refractivity contribution in [2.75, 3.05) is 0 Å². The molecule has 0 atom stereocenters. The molecule has 3 aromatic carbocycles. The van der Waals surface area contributed by atoms with Crippen molar-refractivity contribution in [2.24, 2.45) is 0 Å². The van der Waals surface area contributed by atoms with Gasteiger partial charge < -0.3 is 5.32 Å². The van der Waals surface area contributed by atoms with Crippen molar-refractivity contribution in [1.82, 2.24) is 10.3 Å². The Labute approximate surface area is 135 Å². The van der Waals surface area contributed by atoms with E-state index < -0.39 is 0 Å². The van der Waals surface area contributed by atoms with Crippen LogP contribution in [0.1, 0.15) is 11.3 Å². The van der Waals surface area contributed by atoms with Gasteiger partial charge >= 0.3 is 0 Å². The van der Waals surface area contributed by atoms with Crippen molar-refractivity contribution in [3.63, 3.8) is 0 Å². The molecule has 0 saturated heterocycles. The standard InChI is InChI=1S/C21H18N2/c1-3-10-19-16(7-1)13-17-8-2-4-11-20(17)21(19)15-22-14-18-9-5-6-12-23-18/h1-13,22H,14-15H2. The van der Waals surface area contributed by atoms with Gasteiger partial charge in [-0.05, 0) is 45.3 Å². The van der Waals surface area contributed by atoms with Crippen LogP contribution >= 0.6 is 0 Å². The summed E-state index contributed by atoms with van der Waals surface area (Å²) in [4.78, 5) is 4.37. The monoisotopic (exact) mass is 298 g/mol. The van der Waals surface area contributed by atoms with E-state index in [0.29, 0.717) is 0 Å². The van der Waals surface area contributed by atoms with Crippen molar-refractivity contribution < 1.29 is 0 Å². The maximum atomic E-state index is 4.37. The van der Waals surface area contributed by atoms with Gasteiger partial charge in [0, 0.05) is 19.3 Å². The predicted molar refractivity (Wildman–Crippen MR) is 96.2 cm³/mol. The number of fused-ring (bicyclic) bond motifs is 2. The normalized spacial score (nSPS) is 11.1. The summed E-state index contributed by atoms with van der Waals surface area (Å²) in [5.74, 6) is 0. The van der Waals surface area contributed by atoms with Crippen molar-refractivity contribution in [1.29, 1.82) is 0 Å². The number of hydrogen-bond acceptors (Lipinski definition) is 2. The third-order valence-corrected chi connectivity index (χ3v) is 4.22. The fraction of sp³-hybridized carbons (Fsp3) is 0.0952. The Morgan fingerprint density at radius 2 is 1.35 bits per heavy atom. The number of aromatic nitrogens is 1. The summed E-state index contributed by atoms with van der Waals surface area (Å²) < 4.78 is 0. The molecular formula is C21H18N2. The minimum Gasteiger partial charge on any atom is -0.307 e. The van der Waals surface area contributed by atoms with Crippen LogP contribution in [0.25, 0.3) is 21.5 Å². The number of hydrogen-bond donors (Lipinski definition) is 1. The summed E-state index contributed by atoms with van der Waals surface area (Å²) in [5.41, 5.74) is 2.42. The third-order valence-electron chi connectivity index (χ3n) is 4.22. The molecule has 112 valence electrons. The minimum absolute atomic E-state index is 0.776. The number of nitrogens with zero attached hydrogens (tertiary/aromatic N) is 1. The van der Waals surface area contributed by atoms with Gasteiger partial charge in [0.05, 0.1) is 5.69 Å². The van der Waals surface area contributed by atoms with Crippen LogP contribution in [0.2, 0.25) is 0 Å². The second-order valence-electron chi connectivity index (χ2n) is 5.72. The summed E-state index contributed by atoms with van der Waals surface area (Å²) in [5, 5.41) is 8.76. The van der Waals surface area contributed by atoms with Crippen LogP contribution in [0, 0.1) is 0 Å². The number of nitrogens with one attached hydrogen (secondary N) is 1. The lowest BCUT2D eigenvalue weighted by molar-refractivity contribution is 0.685. The lowest BCUT2D eigenvalue weighted by Gasteiger charge is -2.12. The van der Waals surface area contributed by atoms with Crippen LogP contribution in [-0.4, -0.2) is 4.98 Å². The van der Waals surface area contributed by atoms with Gasteiger partial charge in [-0.25, -0.2) is 0 Å². The van der Waals surface area contributed by atoms with Gasteiger partial charge in [0.15, 0.2) is 0 Å². The Kier molecular flexibility index (Phi) is 3.75. The highest BCUT2D eigenvalue weighted by molar-refractivity contribution is 6.02. The average Bonchev–Trinajstić information content (AvgIpc) is 2.62. The van der Waals surface area contributed by atoms with E-state index in [1.165, 1.54) is 27.1 Å². The van der Waals surface area contributed by atoms with Crippen LogP contribution in [0.5, 0.6) is 0 Å². The quantitative estimate of drug-likeness (QED) is 0.553. The molecule has 4 aromatic rings. The predicted octanol–water partition coefficient (Wildman–Crippen LogP) is 4.68. The summed E-state index contributed by atoms with van der Waals surface area (Å²) in [6, 6.07) is 25.5. The number of rotatable bonds is 4. The second kappa shape index (κ2) is 6.19. The average molecular weight is 298 g/mol. The molecule has 0 saturated carbocycles. The fourth-order valence-electron chi connectivity index (χ4n) is 3.12. The minimum atomic E-state index is 0.776. The Bertz CT molecular complexity index is 891. The lowest BCUT2D eigenvalue weighted by Crippen LogP contribution is -2.14. The molecule has 23 heavy (non-hydrogen) atoms. The molecule has 2 nitrogen and oxygen atoms in total. The number of pyridine rings is 1. The van der Waals surface area contributed by atoms with Gasteiger partial charge in [0.1, 0.15) is 0 Å². The van der Waals surface area contributed by atoms with E-state index in [1.54, 1.807) is 0 Å². The zero-order valence-corrected chi connectivity index (χ0v) is 12.9. The van der Waals surface area contributed by atoms with Crippen LogP contribution < -0.4 is 5.32 Å². The molecule has 0 spiro atoms. The van der Waals surface area contributed by atoms with E-state index in [9.17, 15) is 0 Å². The first kappa shape index (κ1) is 13.9. The molecular weight excluding hydrogens is 280 g/mol. The lowest BCUT2D eigenvalue weighted by atomic mass is 9.97. The maximum Gasteiger partial charge on any atom is 0.0541 e. The fourth-order valence-corrected chi connectivity index (χ4v) is 3.12. The largest absolute Gasteiger partial charge is 0.307 e. The first-order valence-corrected chi connectivity index (χ1v) is 7.92. The van der Waals surface area contributed by atoms with Gasteiger partial charge in [-0.1, -0.05) is 54.6 Å². The summed E-state index contributed by atoms with van der Waals surface area (Å²) in [6.45, 7) is 1.61. The molecule has 0 amide bonds. The van der Waals surface area contributed by atoms with Crippen LogP contribution in [0.4, 0.5) is 0 Å². The first-order chi connectivity index (χ1) is 11.4. The topological polar surface area (TPSA) is 24.9 Å². The van der Waals surface area contributed by atoms with Gasteiger partial charge in [-0.15, -0.1) is 0 Å². The van der Waals surface area contributed by atoms with Gasteiger partial charge in [-0.2, -0.15) is 0 Å². The Balaban J connectivity index is 1.71. The SMILES string of the molecule is c1ccc(CNCc2c3ccccc3cc3ccccc23)nc1. The van der Waals surface area contributed by atoms with E-state index in [1.807, 2.05) is 24.4 Å².